The van der Waals surface area contributed by atoms with Crippen LogP contribution in [0.5, 0.6) is 0 Å². The zero-order chi connectivity index (χ0) is 14.3. The van der Waals surface area contributed by atoms with E-state index < -0.39 is 24.2 Å². The number of aromatic nitrogens is 1. The molecule has 1 aromatic heterocycles. The number of nitrogens with zero attached hydrogens (tertiary/aromatic N) is 3. The van der Waals surface area contributed by atoms with E-state index in [1.54, 1.807) is 0 Å². The molecule has 0 aromatic carbocycles. The van der Waals surface area contributed by atoms with Gasteiger partial charge in [0, 0.05) is 24.9 Å². The first-order valence-corrected chi connectivity index (χ1v) is 5.33. The van der Waals surface area contributed by atoms with Crippen molar-refractivity contribution in [1.82, 2.24) is 9.99 Å². The molecule has 0 spiro atoms. The summed E-state index contributed by atoms with van der Waals surface area (Å²) in [4.78, 5) is 15.0. The van der Waals surface area contributed by atoms with Crippen molar-refractivity contribution in [3.63, 3.8) is 0 Å². The number of alkyl halides is 3. The quantitative estimate of drug-likeness (QED) is 0.838. The van der Waals surface area contributed by atoms with Crippen LogP contribution in [0.4, 0.5) is 13.2 Å². The molecule has 19 heavy (non-hydrogen) atoms. The van der Waals surface area contributed by atoms with Crippen LogP contribution in [0, 0.1) is 0 Å². The molecule has 1 aliphatic heterocycles. The third-order valence-electron chi connectivity index (χ3n) is 2.75. The predicted molar refractivity (Wildman–Crippen MR) is 58.9 cm³/mol. The Kier molecular flexibility index (Phi) is 3.05. The molecule has 102 valence electrons. The molecule has 5 nitrogen and oxygen atoms in total. The van der Waals surface area contributed by atoms with Crippen LogP contribution in [0.25, 0.3) is 0 Å². The second-order valence-electron chi connectivity index (χ2n) is 4.10. The van der Waals surface area contributed by atoms with Gasteiger partial charge in [-0.25, -0.2) is 0 Å². The van der Waals surface area contributed by atoms with Gasteiger partial charge in [-0.1, -0.05) is 0 Å². The van der Waals surface area contributed by atoms with Gasteiger partial charge < -0.3 is 5.11 Å². The highest BCUT2D eigenvalue weighted by Crippen LogP contribution is 2.41. The number of aliphatic hydroxyl groups is 1. The van der Waals surface area contributed by atoms with E-state index in [2.05, 4.69) is 10.1 Å². The summed E-state index contributed by atoms with van der Waals surface area (Å²) in [5.74, 6) is -0.983. The molecule has 1 unspecified atom stereocenters. The number of rotatable bonds is 1. The maximum absolute atomic E-state index is 12.9. The highest BCUT2D eigenvalue weighted by atomic mass is 19.4. The Balaban J connectivity index is 2.42. The summed E-state index contributed by atoms with van der Waals surface area (Å²) in [6.45, 7) is 0.912. The average Bonchev–Trinajstić information content (AvgIpc) is 2.69. The Morgan fingerprint density at radius 1 is 1.42 bits per heavy atom. The lowest BCUT2D eigenvalue weighted by atomic mass is 10.0. The van der Waals surface area contributed by atoms with Gasteiger partial charge in [0.25, 0.3) is 5.72 Å². The van der Waals surface area contributed by atoms with Crippen molar-refractivity contribution in [3.8, 4) is 0 Å². The molecule has 0 saturated heterocycles. The molecule has 1 N–H and O–H groups in total. The summed E-state index contributed by atoms with van der Waals surface area (Å²) < 4.78 is 38.7. The van der Waals surface area contributed by atoms with Crippen LogP contribution in [-0.4, -0.2) is 38.6 Å². The molecule has 1 aromatic rings. The fraction of sp³-hybridized carbons (Fsp3) is 0.364. The standard InChI is InChI=1S/C11H10F3N3O2/c1-7(18)17-10(19,11(12,13)14)6-9(16-17)8-2-4-15-5-3-8/h2-5,19H,6H2,1H3. The van der Waals surface area contributed by atoms with Crippen LogP contribution < -0.4 is 0 Å². The summed E-state index contributed by atoms with van der Waals surface area (Å²) in [6.07, 6.45) is -3.01. The fourth-order valence-corrected chi connectivity index (χ4v) is 1.80. The number of hydrogen-bond donors (Lipinski definition) is 1. The topological polar surface area (TPSA) is 65.8 Å². The molecule has 8 heteroatoms. The van der Waals surface area contributed by atoms with Crippen LogP contribution in [0.1, 0.15) is 18.9 Å². The van der Waals surface area contributed by atoms with Crippen molar-refractivity contribution in [2.75, 3.05) is 0 Å². The van der Waals surface area contributed by atoms with Gasteiger partial charge in [0.1, 0.15) is 0 Å². The Morgan fingerprint density at radius 3 is 2.42 bits per heavy atom. The van der Waals surface area contributed by atoms with Crippen molar-refractivity contribution < 1.29 is 23.1 Å². The maximum atomic E-state index is 12.9. The molecule has 1 aliphatic rings. The number of hydrogen-bond acceptors (Lipinski definition) is 4. The van der Waals surface area contributed by atoms with Crippen molar-refractivity contribution >= 4 is 11.6 Å². The van der Waals surface area contributed by atoms with Crippen LogP contribution in [-0.2, 0) is 4.79 Å². The van der Waals surface area contributed by atoms with Gasteiger partial charge in [0.15, 0.2) is 0 Å². The minimum atomic E-state index is -4.99. The van der Waals surface area contributed by atoms with Crippen molar-refractivity contribution in [2.45, 2.75) is 25.2 Å². The highest BCUT2D eigenvalue weighted by molar-refractivity contribution is 6.03. The molecule has 2 rings (SSSR count). The SMILES string of the molecule is CC(=O)N1N=C(c2ccncc2)CC1(O)C(F)(F)F. The molecule has 1 amide bonds. The number of pyridine rings is 1. The Morgan fingerprint density at radius 2 is 2.00 bits per heavy atom. The van der Waals surface area contributed by atoms with Gasteiger partial charge >= 0.3 is 6.18 Å². The summed E-state index contributed by atoms with van der Waals surface area (Å²) >= 11 is 0. The molecule has 1 atom stereocenters. The third-order valence-corrected chi connectivity index (χ3v) is 2.75. The first-order chi connectivity index (χ1) is 8.75. The minimum Gasteiger partial charge on any atom is -0.362 e. The number of carbonyl (C=O) groups is 1. The second kappa shape index (κ2) is 4.30. The van der Waals surface area contributed by atoms with Crippen molar-refractivity contribution in [2.24, 2.45) is 5.10 Å². The molecular formula is C11H10F3N3O2. The summed E-state index contributed by atoms with van der Waals surface area (Å²) in [7, 11) is 0. The Bertz CT molecular complexity index is 530. The molecule has 2 heterocycles. The average molecular weight is 273 g/mol. The Labute approximate surface area is 106 Å². The van der Waals surface area contributed by atoms with E-state index in [1.165, 1.54) is 24.5 Å². The van der Waals surface area contributed by atoms with Gasteiger partial charge in [0.2, 0.25) is 5.91 Å². The number of halogens is 3. The van der Waals surface area contributed by atoms with Gasteiger partial charge in [-0.05, 0) is 12.1 Å². The molecule has 0 fully saturated rings. The molecule has 0 bridgehead atoms. The minimum absolute atomic E-state index is 0.0163. The lowest BCUT2D eigenvalue weighted by Gasteiger charge is -2.31. The largest absolute Gasteiger partial charge is 0.438 e. The summed E-state index contributed by atoms with van der Waals surface area (Å²) in [6, 6.07) is 2.92. The lowest BCUT2D eigenvalue weighted by Crippen LogP contribution is -2.56. The van der Waals surface area contributed by atoms with E-state index in [1.807, 2.05) is 0 Å². The summed E-state index contributed by atoms with van der Waals surface area (Å²) in [5.41, 5.74) is -2.93. The number of carbonyl (C=O) groups excluding carboxylic acids is 1. The molecule has 0 radical (unpaired) electrons. The zero-order valence-corrected chi connectivity index (χ0v) is 9.85. The van der Waals surface area contributed by atoms with E-state index in [-0.39, 0.29) is 10.7 Å². The van der Waals surface area contributed by atoms with E-state index in [0.29, 0.717) is 5.56 Å². The first-order valence-electron chi connectivity index (χ1n) is 5.33. The monoisotopic (exact) mass is 273 g/mol. The van der Waals surface area contributed by atoms with Crippen molar-refractivity contribution in [3.05, 3.63) is 30.1 Å². The zero-order valence-electron chi connectivity index (χ0n) is 9.85. The second-order valence-corrected chi connectivity index (χ2v) is 4.10. The molecule has 0 saturated carbocycles. The van der Waals surface area contributed by atoms with E-state index in [9.17, 15) is 23.1 Å². The number of hydrazone groups is 1. The van der Waals surface area contributed by atoms with Gasteiger partial charge in [-0.2, -0.15) is 23.3 Å². The molecular weight excluding hydrogens is 263 g/mol. The third kappa shape index (κ3) is 2.19. The van der Waals surface area contributed by atoms with Crippen LogP contribution >= 0.6 is 0 Å². The smallest absolute Gasteiger partial charge is 0.362 e. The van der Waals surface area contributed by atoms with E-state index in [4.69, 9.17) is 0 Å². The fourth-order valence-electron chi connectivity index (χ4n) is 1.80. The normalized spacial score (nSPS) is 23.4. The van der Waals surface area contributed by atoms with Crippen LogP contribution in [0.2, 0.25) is 0 Å². The number of amides is 1. The molecule has 0 aliphatic carbocycles. The van der Waals surface area contributed by atoms with E-state index in [0.717, 1.165) is 6.92 Å². The van der Waals surface area contributed by atoms with Gasteiger partial charge in [-0.15, -0.1) is 0 Å². The lowest BCUT2D eigenvalue weighted by molar-refractivity contribution is -0.301. The predicted octanol–water partition coefficient (Wildman–Crippen LogP) is 1.29. The van der Waals surface area contributed by atoms with Crippen LogP contribution in [0.15, 0.2) is 29.6 Å². The highest BCUT2D eigenvalue weighted by Gasteiger charge is 2.62. The van der Waals surface area contributed by atoms with Crippen LogP contribution in [0.3, 0.4) is 0 Å². The maximum Gasteiger partial charge on any atom is 0.438 e. The van der Waals surface area contributed by atoms with Gasteiger partial charge in [-0.3, -0.25) is 9.78 Å². The van der Waals surface area contributed by atoms with Gasteiger partial charge in [0.05, 0.1) is 12.1 Å². The first kappa shape index (κ1) is 13.5. The van der Waals surface area contributed by atoms with Crippen molar-refractivity contribution in [1.29, 1.82) is 0 Å². The van der Waals surface area contributed by atoms with E-state index >= 15 is 0 Å². The Hall–Kier alpha value is -1.96. The summed E-state index contributed by atoms with van der Waals surface area (Å²) in [5, 5.41) is 13.4.